The van der Waals surface area contributed by atoms with E-state index in [0.29, 0.717) is 0 Å². The van der Waals surface area contributed by atoms with Gasteiger partial charge in [-0.2, -0.15) is 0 Å². The summed E-state index contributed by atoms with van der Waals surface area (Å²) in [5.74, 6) is 0.105. The van der Waals surface area contributed by atoms with Crippen LogP contribution in [0.4, 0.5) is 0 Å². The van der Waals surface area contributed by atoms with Crippen molar-refractivity contribution in [2.24, 2.45) is 0 Å². The van der Waals surface area contributed by atoms with Gasteiger partial charge in [0.2, 0.25) is 0 Å². The van der Waals surface area contributed by atoms with Gasteiger partial charge in [-0.25, -0.2) is 0 Å². The lowest BCUT2D eigenvalue weighted by Crippen LogP contribution is -2.33. The first-order chi connectivity index (χ1) is 15.0. The van der Waals surface area contributed by atoms with E-state index in [1.165, 1.54) is 21.5 Å². The lowest BCUT2D eigenvalue weighted by atomic mass is 10.2. The topological polar surface area (TPSA) is 17.1 Å². The smallest absolute Gasteiger partial charge is 0.155 e. The zero-order valence-electron chi connectivity index (χ0n) is 18.5. The molecule has 1 nitrogen and oxygen atoms in total. The van der Waals surface area contributed by atoms with Crippen molar-refractivity contribution in [1.29, 1.82) is 0 Å². The number of hydrogen-bond donors (Lipinski definition) is 0. The van der Waals surface area contributed by atoms with Crippen LogP contribution in [-0.4, -0.2) is 11.9 Å². The largest absolute Gasteiger partial charge is 0.295 e. The number of allylic oxidation sites excluding steroid dienone is 6. The van der Waals surface area contributed by atoms with E-state index in [1.807, 2.05) is 19.1 Å². The Bertz CT molecular complexity index is 981. The van der Waals surface area contributed by atoms with Gasteiger partial charge in [0, 0.05) is 0 Å². The Morgan fingerprint density at radius 2 is 1.13 bits per heavy atom. The molecule has 0 atom stereocenters. The molecule has 0 aliphatic rings. The van der Waals surface area contributed by atoms with Crippen molar-refractivity contribution < 1.29 is 4.79 Å². The van der Waals surface area contributed by atoms with E-state index in [2.05, 4.69) is 110 Å². The van der Waals surface area contributed by atoms with Crippen LogP contribution in [0.2, 0.25) is 0 Å². The second-order valence-electron chi connectivity index (χ2n) is 7.71. The van der Waals surface area contributed by atoms with Crippen LogP contribution in [0.25, 0.3) is 0 Å². The molecular weight excluding hydrogens is 395 g/mol. The highest BCUT2D eigenvalue weighted by Crippen LogP contribution is 2.55. The Kier molecular flexibility index (Phi) is 7.93. The van der Waals surface area contributed by atoms with Crippen molar-refractivity contribution in [3.8, 4) is 0 Å². The summed E-state index contributed by atoms with van der Waals surface area (Å²) >= 11 is 0. The molecule has 31 heavy (non-hydrogen) atoms. The molecule has 0 radical (unpaired) electrons. The van der Waals surface area contributed by atoms with Crippen LogP contribution in [0.3, 0.4) is 0 Å². The monoisotopic (exact) mass is 425 g/mol. The van der Waals surface area contributed by atoms with Gasteiger partial charge in [-0.1, -0.05) is 78.4 Å². The van der Waals surface area contributed by atoms with Crippen molar-refractivity contribution in [3.05, 3.63) is 126 Å². The quantitative estimate of drug-likeness (QED) is 0.245. The van der Waals surface area contributed by atoms with Crippen LogP contribution in [0.15, 0.2) is 126 Å². The molecule has 0 aliphatic heterocycles. The fourth-order valence-electron chi connectivity index (χ4n) is 3.62. The lowest BCUT2D eigenvalue weighted by molar-refractivity contribution is -0.113. The maximum Gasteiger partial charge on any atom is 0.155 e. The number of benzene rings is 3. The summed E-state index contributed by atoms with van der Waals surface area (Å²) in [5, 5.41) is 4.15. The highest BCUT2D eigenvalue weighted by atomic mass is 31.2. The van der Waals surface area contributed by atoms with Crippen LogP contribution in [-0.2, 0) is 4.79 Å². The first-order valence-corrected chi connectivity index (χ1v) is 12.6. The molecule has 0 saturated carbocycles. The Morgan fingerprint density at radius 1 is 0.710 bits per heavy atom. The van der Waals surface area contributed by atoms with Gasteiger partial charge in [0.1, 0.15) is 23.2 Å². The molecule has 3 rings (SSSR count). The standard InChI is InChI=1S/C29H30OP/c1-24(14-13-15-25(2)26(3)30)22-23-31(27-16-7-4-8-17-27,28-18-9-5-10-19-28)29-20-11-6-12-21-29/h4-22H,23H2,1-3H3/q+1/b14-13+,24-22+,25-15+. The van der Waals surface area contributed by atoms with Crippen LogP contribution < -0.4 is 15.9 Å². The minimum absolute atomic E-state index is 0.105. The Labute approximate surface area is 187 Å². The minimum Gasteiger partial charge on any atom is -0.295 e. The summed E-state index contributed by atoms with van der Waals surface area (Å²) < 4.78 is 0. The minimum atomic E-state index is -1.85. The predicted octanol–water partition coefficient (Wildman–Crippen LogP) is 6.02. The van der Waals surface area contributed by atoms with E-state index in [1.54, 1.807) is 6.92 Å². The molecule has 0 saturated heterocycles. The number of hydrogen-bond acceptors (Lipinski definition) is 1. The molecule has 0 N–H and O–H groups in total. The second kappa shape index (κ2) is 10.8. The summed E-state index contributed by atoms with van der Waals surface area (Å²) in [7, 11) is -1.85. The van der Waals surface area contributed by atoms with Gasteiger partial charge in [0.05, 0.1) is 6.16 Å². The maximum absolute atomic E-state index is 11.4. The van der Waals surface area contributed by atoms with E-state index in [9.17, 15) is 4.79 Å². The number of carbonyl (C=O) groups excluding carboxylic acids is 1. The van der Waals surface area contributed by atoms with Crippen molar-refractivity contribution in [3.63, 3.8) is 0 Å². The molecule has 156 valence electrons. The molecule has 0 fully saturated rings. The van der Waals surface area contributed by atoms with E-state index in [-0.39, 0.29) is 5.78 Å². The van der Waals surface area contributed by atoms with E-state index in [0.717, 1.165) is 11.7 Å². The normalized spacial score (nSPS) is 12.9. The summed E-state index contributed by atoms with van der Waals surface area (Å²) in [6, 6.07) is 32.7. The molecule has 0 aliphatic carbocycles. The van der Waals surface area contributed by atoms with Gasteiger partial charge >= 0.3 is 0 Å². The summed E-state index contributed by atoms with van der Waals surface area (Å²) in [6.07, 6.45) is 9.22. The van der Waals surface area contributed by atoms with Gasteiger partial charge in [0.25, 0.3) is 0 Å². The lowest BCUT2D eigenvalue weighted by Gasteiger charge is -2.26. The molecule has 2 heteroatoms. The molecule has 0 heterocycles. The number of carbonyl (C=O) groups is 1. The average molecular weight is 426 g/mol. The predicted molar refractivity (Wildman–Crippen MR) is 137 cm³/mol. The molecular formula is C29H30OP+. The van der Waals surface area contributed by atoms with Gasteiger partial charge < -0.3 is 0 Å². The van der Waals surface area contributed by atoms with Crippen molar-refractivity contribution >= 4 is 29.0 Å². The molecule has 0 spiro atoms. The van der Waals surface area contributed by atoms with Crippen LogP contribution in [0.5, 0.6) is 0 Å². The third-order valence-corrected chi connectivity index (χ3v) is 9.81. The zero-order chi connectivity index (χ0) is 22.1. The zero-order valence-corrected chi connectivity index (χ0v) is 19.4. The number of rotatable bonds is 8. The molecule has 3 aromatic carbocycles. The molecule has 0 bridgehead atoms. The Balaban J connectivity index is 2.09. The first kappa shape index (κ1) is 22.7. The Hall–Kier alpha value is -3.02. The van der Waals surface area contributed by atoms with Crippen molar-refractivity contribution in [2.75, 3.05) is 6.16 Å². The molecule has 3 aromatic rings. The SMILES string of the molecule is CC(=O)/C(C)=C/C=C/C(C)=C/C[P+](c1ccccc1)(c1ccccc1)c1ccccc1. The van der Waals surface area contributed by atoms with E-state index < -0.39 is 7.26 Å². The van der Waals surface area contributed by atoms with Crippen LogP contribution in [0.1, 0.15) is 20.8 Å². The van der Waals surface area contributed by atoms with Crippen molar-refractivity contribution in [2.45, 2.75) is 20.8 Å². The Morgan fingerprint density at radius 3 is 1.52 bits per heavy atom. The van der Waals surface area contributed by atoms with Crippen LogP contribution >= 0.6 is 7.26 Å². The van der Waals surface area contributed by atoms with Gasteiger partial charge in [-0.3, -0.25) is 4.79 Å². The fourth-order valence-corrected chi connectivity index (χ4v) is 7.75. The van der Waals surface area contributed by atoms with E-state index >= 15 is 0 Å². The maximum atomic E-state index is 11.4. The van der Waals surface area contributed by atoms with Gasteiger partial charge in [0.15, 0.2) is 5.78 Å². The second-order valence-corrected chi connectivity index (χ2v) is 11.2. The molecule has 0 aromatic heterocycles. The highest BCUT2D eigenvalue weighted by Gasteiger charge is 2.44. The number of ketones is 1. The molecule has 0 amide bonds. The van der Waals surface area contributed by atoms with Crippen LogP contribution in [0, 0.1) is 0 Å². The van der Waals surface area contributed by atoms with E-state index in [4.69, 9.17) is 0 Å². The average Bonchev–Trinajstić information content (AvgIpc) is 2.81. The third kappa shape index (κ3) is 5.57. The summed E-state index contributed by atoms with van der Waals surface area (Å²) in [4.78, 5) is 11.4. The third-order valence-electron chi connectivity index (χ3n) is 5.54. The summed E-state index contributed by atoms with van der Waals surface area (Å²) in [6.45, 7) is 5.58. The van der Waals surface area contributed by atoms with Gasteiger partial charge in [-0.05, 0) is 68.8 Å². The first-order valence-electron chi connectivity index (χ1n) is 10.6. The molecule has 0 unspecified atom stereocenters. The number of Topliss-reactive ketones (excluding diaryl/α,β-unsaturated/α-hetero) is 1. The fraction of sp³-hybridized carbons (Fsp3) is 0.138. The highest BCUT2D eigenvalue weighted by molar-refractivity contribution is 7.95. The summed E-state index contributed by atoms with van der Waals surface area (Å²) in [5.41, 5.74) is 1.96. The van der Waals surface area contributed by atoms with Gasteiger partial charge in [-0.15, -0.1) is 0 Å². The van der Waals surface area contributed by atoms with Crippen molar-refractivity contribution in [1.82, 2.24) is 0 Å².